The van der Waals surface area contributed by atoms with E-state index in [0.717, 1.165) is 24.0 Å². The molecule has 1 aliphatic rings. The van der Waals surface area contributed by atoms with Gasteiger partial charge in [-0.05, 0) is 42.9 Å². The van der Waals surface area contributed by atoms with Crippen LogP contribution in [0.5, 0.6) is 0 Å². The van der Waals surface area contributed by atoms with E-state index in [1.54, 1.807) is 18.2 Å². The number of benzene rings is 2. The first kappa shape index (κ1) is 19.3. The van der Waals surface area contributed by atoms with Crippen LogP contribution in [0.2, 0.25) is 0 Å². The van der Waals surface area contributed by atoms with E-state index in [-0.39, 0.29) is 24.1 Å². The van der Waals surface area contributed by atoms with Crippen molar-refractivity contribution >= 4 is 5.91 Å². The van der Waals surface area contributed by atoms with Gasteiger partial charge in [-0.1, -0.05) is 47.6 Å². The minimum atomic E-state index is -0.330. The third-order valence-corrected chi connectivity index (χ3v) is 5.49. The largest absolute Gasteiger partial charge is 0.342 e. The maximum atomic E-state index is 13.9. The standard InChI is InChI=1S/C23H24FN3O2/c1-16-7-2-4-10-19(16)23-25-21(29-26-23)13-17-8-6-12-27(15-17)22(28)14-18-9-3-5-11-20(18)24/h2-5,7,9-11,17H,6,8,12-15H2,1H3/t17-/m1/s1. The highest BCUT2D eigenvalue weighted by Crippen LogP contribution is 2.24. The number of likely N-dealkylation sites (tertiary alicyclic amines) is 1. The van der Waals surface area contributed by atoms with Crippen molar-refractivity contribution in [1.29, 1.82) is 0 Å². The number of aryl methyl sites for hydroxylation is 1. The Balaban J connectivity index is 1.39. The van der Waals surface area contributed by atoms with E-state index < -0.39 is 0 Å². The Morgan fingerprint density at radius 2 is 2.00 bits per heavy atom. The van der Waals surface area contributed by atoms with Gasteiger partial charge in [-0.25, -0.2) is 4.39 Å². The Kier molecular flexibility index (Phi) is 5.69. The van der Waals surface area contributed by atoms with Crippen LogP contribution >= 0.6 is 0 Å². The van der Waals surface area contributed by atoms with Crippen LogP contribution in [-0.4, -0.2) is 34.0 Å². The summed E-state index contributed by atoms with van der Waals surface area (Å²) in [6, 6.07) is 14.4. The molecule has 0 aliphatic carbocycles. The zero-order chi connectivity index (χ0) is 20.2. The van der Waals surface area contributed by atoms with E-state index in [1.807, 2.05) is 36.1 Å². The summed E-state index contributed by atoms with van der Waals surface area (Å²) in [5, 5.41) is 4.12. The molecule has 150 valence electrons. The molecule has 1 fully saturated rings. The average molecular weight is 393 g/mol. The quantitative estimate of drug-likeness (QED) is 0.652. The molecule has 5 nitrogen and oxygen atoms in total. The summed E-state index contributed by atoms with van der Waals surface area (Å²) in [6.07, 6.45) is 2.66. The van der Waals surface area contributed by atoms with Crippen LogP contribution in [0.4, 0.5) is 4.39 Å². The molecule has 4 rings (SSSR count). The van der Waals surface area contributed by atoms with Crippen molar-refractivity contribution in [3.8, 4) is 11.4 Å². The number of amides is 1. The number of piperidine rings is 1. The zero-order valence-electron chi connectivity index (χ0n) is 16.5. The number of aromatic nitrogens is 2. The number of carbonyl (C=O) groups is 1. The monoisotopic (exact) mass is 393 g/mol. The van der Waals surface area contributed by atoms with Crippen molar-refractivity contribution in [2.24, 2.45) is 5.92 Å². The third-order valence-electron chi connectivity index (χ3n) is 5.49. The predicted octanol–water partition coefficient (Wildman–Crippen LogP) is 4.21. The van der Waals surface area contributed by atoms with E-state index in [0.29, 0.717) is 36.8 Å². The molecule has 29 heavy (non-hydrogen) atoms. The lowest BCUT2D eigenvalue weighted by Crippen LogP contribution is -2.41. The molecule has 6 heteroatoms. The van der Waals surface area contributed by atoms with Gasteiger partial charge in [0.1, 0.15) is 5.82 Å². The number of hydrogen-bond donors (Lipinski definition) is 0. The van der Waals surface area contributed by atoms with Crippen LogP contribution in [0.15, 0.2) is 53.1 Å². The van der Waals surface area contributed by atoms with Gasteiger partial charge in [-0.15, -0.1) is 0 Å². The highest BCUT2D eigenvalue weighted by molar-refractivity contribution is 5.79. The van der Waals surface area contributed by atoms with Gasteiger partial charge in [0.2, 0.25) is 17.6 Å². The van der Waals surface area contributed by atoms with Crippen LogP contribution in [0, 0.1) is 18.7 Å². The summed E-state index contributed by atoms with van der Waals surface area (Å²) < 4.78 is 19.3. The van der Waals surface area contributed by atoms with Crippen molar-refractivity contribution in [3.05, 3.63) is 71.4 Å². The fourth-order valence-electron chi connectivity index (χ4n) is 3.89. The lowest BCUT2D eigenvalue weighted by atomic mass is 9.94. The molecule has 0 spiro atoms. The Morgan fingerprint density at radius 3 is 2.83 bits per heavy atom. The van der Waals surface area contributed by atoms with Crippen molar-refractivity contribution < 1.29 is 13.7 Å². The van der Waals surface area contributed by atoms with Crippen molar-refractivity contribution in [2.75, 3.05) is 13.1 Å². The molecular weight excluding hydrogens is 369 g/mol. The molecule has 0 N–H and O–H groups in total. The molecule has 3 aromatic rings. The van der Waals surface area contributed by atoms with Gasteiger partial charge in [0.05, 0.1) is 6.42 Å². The van der Waals surface area contributed by atoms with Gasteiger partial charge in [-0.3, -0.25) is 4.79 Å². The smallest absolute Gasteiger partial charge is 0.227 e. The van der Waals surface area contributed by atoms with Crippen molar-refractivity contribution in [2.45, 2.75) is 32.6 Å². The topological polar surface area (TPSA) is 59.2 Å². The summed E-state index contributed by atoms with van der Waals surface area (Å²) >= 11 is 0. The molecule has 1 saturated heterocycles. The van der Waals surface area contributed by atoms with Gasteiger partial charge >= 0.3 is 0 Å². The van der Waals surface area contributed by atoms with Crippen molar-refractivity contribution in [1.82, 2.24) is 15.0 Å². The Morgan fingerprint density at radius 1 is 1.21 bits per heavy atom. The van der Waals surface area contributed by atoms with Gasteiger partial charge < -0.3 is 9.42 Å². The molecule has 0 unspecified atom stereocenters. The number of hydrogen-bond acceptors (Lipinski definition) is 4. The lowest BCUT2D eigenvalue weighted by molar-refractivity contribution is -0.132. The van der Waals surface area contributed by atoms with E-state index >= 15 is 0 Å². The lowest BCUT2D eigenvalue weighted by Gasteiger charge is -2.32. The first-order valence-corrected chi connectivity index (χ1v) is 10.00. The minimum absolute atomic E-state index is 0.0362. The minimum Gasteiger partial charge on any atom is -0.342 e. The normalized spacial score (nSPS) is 16.8. The second-order valence-corrected chi connectivity index (χ2v) is 7.65. The zero-order valence-corrected chi connectivity index (χ0v) is 16.5. The van der Waals surface area contributed by atoms with E-state index in [2.05, 4.69) is 10.1 Å². The number of nitrogens with zero attached hydrogens (tertiary/aromatic N) is 3. The Labute approximate surface area is 169 Å². The molecule has 1 aliphatic heterocycles. The summed E-state index contributed by atoms with van der Waals surface area (Å²) in [4.78, 5) is 19.0. The summed E-state index contributed by atoms with van der Waals surface area (Å²) in [6.45, 7) is 3.36. The molecular formula is C23H24FN3O2. The molecule has 0 bridgehead atoms. The van der Waals surface area contributed by atoms with Crippen LogP contribution < -0.4 is 0 Å². The van der Waals surface area contributed by atoms with Crippen molar-refractivity contribution in [3.63, 3.8) is 0 Å². The molecule has 0 saturated carbocycles. The summed E-state index contributed by atoms with van der Waals surface area (Å²) in [5.74, 6) is 1.09. The molecule has 0 radical (unpaired) electrons. The SMILES string of the molecule is Cc1ccccc1-c1noc(C[C@H]2CCCN(C(=O)Cc3ccccc3F)C2)n1. The van der Waals surface area contributed by atoms with E-state index in [1.165, 1.54) is 6.07 Å². The van der Waals surface area contributed by atoms with Gasteiger partial charge in [-0.2, -0.15) is 4.98 Å². The van der Waals surface area contributed by atoms with Crippen LogP contribution in [0.25, 0.3) is 11.4 Å². The van der Waals surface area contributed by atoms with Crippen LogP contribution in [0.1, 0.15) is 29.9 Å². The van der Waals surface area contributed by atoms with E-state index in [9.17, 15) is 9.18 Å². The Bertz CT molecular complexity index is 1000. The maximum absolute atomic E-state index is 13.9. The van der Waals surface area contributed by atoms with Gasteiger partial charge in [0.25, 0.3) is 0 Å². The Hall–Kier alpha value is -3.02. The van der Waals surface area contributed by atoms with Crippen LogP contribution in [0.3, 0.4) is 0 Å². The highest BCUT2D eigenvalue weighted by Gasteiger charge is 2.26. The fourth-order valence-corrected chi connectivity index (χ4v) is 3.89. The fraction of sp³-hybridized carbons (Fsp3) is 0.348. The molecule has 2 heterocycles. The number of carbonyl (C=O) groups excluding carboxylic acids is 1. The maximum Gasteiger partial charge on any atom is 0.227 e. The number of halogens is 1. The molecule has 1 atom stereocenters. The molecule has 2 aromatic carbocycles. The molecule has 1 aromatic heterocycles. The average Bonchev–Trinajstić information content (AvgIpc) is 3.18. The predicted molar refractivity (Wildman–Crippen MR) is 108 cm³/mol. The highest BCUT2D eigenvalue weighted by atomic mass is 19.1. The second-order valence-electron chi connectivity index (χ2n) is 7.65. The van der Waals surface area contributed by atoms with Gasteiger partial charge in [0, 0.05) is 25.1 Å². The van der Waals surface area contributed by atoms with E-state index in [4.69, 9.17) is 4.52 Å². The first-order chi connectivity index (χ1) is 14.1. The number of rotatable bonds is 5. The first-order valence-electron chi connectivity index (χ1n) is 10.00. The summed E-state index contributed by atoms with van der Waals surface area (Å²) in [5.41, 5.74) is 2.51. The second kappa shape index (κ2) is 8.55. The van der Waals surface area contributed by atoms with Crippen LogP contribution in [-0.2, 0) is 17.6 Å². The summed E-state index contributed by atoms with van der Waals surface area (Å²) in [7, 11) is 0. The molecule has 1 amide bonds. The third kappa shape index (κ3) is 4.53. The van der Waals surface area contributed by atoms with Gasteiger partial charge in [0.15, 0.2) is 0 Å².